The number of nitrogens with one attached hydrogen (secondary N) is 1. The molecule has 0 saturated heterocycles. The van der Waals surface area contributed by atoms with Gasteiger partial charge >= 0.3 is 12.3 Å². The number of carbonyl (C=O) groups is 1. The summed E-state index contributed by atoms with van der Waals surface area (Å²) in [5.74, 6) is -0.470. The molecule has 31 heavy (non-hydrogen) atoms. The highest BCUT2D eigenvalue weighted by Crippen LogP contribution is 2.38. The molecule has 0 fully saturated rings. The van der Waals surface area contributed by atoms with Crippen LogP contribution in [0.25, 0.3) is 10.9 Å². The van der Waals surface area contributed by atoms with Gasteiger partial charge in [-0.2, -0.15) is 13.2 Å². The molecule has 0 bridgehead atoms. The van der Waals surface area contributed by atoms with Crippen LogP contribution in [0.2, 0.25) is 0 Å². The number of benzene rings is 2. The standard InChI is InChI=1S/C22H20F4N2O3/c1-12(2)30-20-19(31-21(29)27-11-14-4-7-16(23)8-5-14)13(3)17-9-6-15(22(24,25)26)10-18(17)28-20/h4-10,12H,11H2,1-3H3,(H,27,29). The van der Waals surface area contributed by atoms with Crippen molar-refractivity contribution in [1.82, 2.24) is 10.3 Å². The molecule has 164 valence electrons. The third kappa shape index (κ3) is 5.42. The Labute approximate surface area is 176 Å². The van der Waals surface area contributed by atoms with Crippen LogP contribution < -0.4 is 14.8 Å². The number of aryl methyl sites for hydroxylation is 1. The first-order valence-electron chi connectivity index (χ1n) is 9.43. The highest BCUT2D eigenvalue weighted by molar-refractivity contribution is 5.87. The molecule has 1 N–H and O–H groups in total. The molecule has 5 nitrogen and oxygen atoms in total. The summed E-state index contributed by atoms with van der Waals surface area (Å²) in [7, 11) is 0. The Morgan fingerprint density at radius 2 is 1.81 bits per heavy atom. The third-order valence-electron chi connectivity index (χ3n) is 4.38. The molecule has 0 saturated carbocycles. The van der Waals surface area contributed by atoms with Crippen molar-refractivity contribution >= 4 is 17.0 Å². The molecule has 0 spiro atoms. The number of pyridine rings is 1. The van der Waals surface area contributed by atoms with E-state index in [-0.39, 0.29) is 29.8 Å². The number of aromatic nitrogens is 1. The topological polar surface area (TPSA) is 60.5 Å². The monoisotopic (exact) mass is 436 g/mol. The molecule has 0 aliphatic rings. The van der Waals surface area contributed by atoms with Gasteiger partial charge in [-0.25, -0.2) is 14.2 Å². The summed E-state index contributed by atoms with van der Waals surface area (Å²) in [6.07, 6.45) is -5.69. The van der Waals surface area contributed by atoms with Crippen molar-refractivity contribution < 1.29 is 31.8 Å². The van der Waals surface area contributed by atoms with E-state index in [1.807, 2.05) is 0 Å². The maximum absolute atomic E-state index is 13.1. The van der Waals surface area contributed by atoms with Crippen LogP contribution in [0.1, 0.15) is 30.5 Å². The fourth-order valence-electron chi connectivity index (χ4n) is 2.89. The number of hydrogen-bond donors (Lipinski definition) is 1. The Morgan fingerprint density at radius 3 is 2.42 bits per heavy atom. The minimum atomic E-state index is -4.52. The van der Waals surface area contributed by atoms with Crippen molar-refractivity contribution in [3.63, 3.8) is 0 Å². The smallest absolute Gasteiger partial charge is 0.416 e. The normalized spacial score (nSPS) is 11.6. The van der Waals surface area contributed by atoms with E-state index < -0.39 is 23.7 Å². The van der Waals surface area contributed by atoms with Crippen molar-refractivity contribution in [2.75, 3.05) is 0 Å². The summed E-state index contributed by atoms with van der Waals surface area (Å²) in [4.78, 5) is 16.5. The van der Waals surface area contributed by atoms with E-state index in [1.165, 1.54) is 30.3 Å². The van der Waals surface area contributed by atoms with Gasteiger partial charge in [-0.3, -0.25) is 0 Å². The first kappa shape index (κ1) is 22.3. The summed E-state index contributed by atoms with van der Waals surface area (Å²) < 4.78 is 63.2. The molecule has 0 radical (unpaired) electrons. The first-order valence-corrected chi connectivity index (χ1v) is 9.43. The average molecular weight is 436 g/mol. The molecule has 3 rings (SSSR count). The van der Waals surface area contributed by atoms with Crippen LogP contribution in [-0.2, 0) is 12.7 Å². The second kappa shape index (κ2) is 8.79. The second-order valence-corrected chi connectivity index (χ2v) is 7.14. The minimum Gasteiger partial charge on any atom is -0.472 e. The summed E-state index contributed by atoms with van der Waals surface area (Å²) >= 11 is 0. The lowest BCUT2D eigenvalue weighted by Crippen LogP contribution is -2.27. The Kier molecular flexibility index (Phi) is 6.33. The van der Waals surface area contributed by atoms with Crippen molar-refractivity contribution in [3.8, 4) is 11.6 Å². The molecule has 0 unspecified atom stereocenters. The van der Waals surface area contributed by atoms with Crippen molar-refractivity contribution in [1.29, 1.82) is 0 Å². The van der Waals surface area contributed by atoms with Gasteiger partial charge in [0.05, 0.1) is 17.2 Å². The molecule has 3 aromatic rings. The molecular weight excluding hydrogens is 416 g/mol. The highest BCUT2D eigenvalue weighted by atomic mass is 19.4. The van der Waals surface area contributed by atoms with Crippen LogP contribution in [0.15, 0.2) is 42.5 Å². The van der Waals surface area contributed by atoms with E-state index in [9.17, 15) is 22.4 Å². The van der Waals surface area contributed by atoms with E-state index in [4.69, 9.17) is 9.47 Å². The van der Waals surface area contributed by atoms with Gasteiger partial charge in [0, 0.05) is 17.5 Å². The summed E-state index contributed by atoms with van der Waals surface area (Å²) in [6.45, 7) is 5.12. The fourth-order valence-corrected chi connectivity index (χ4v) is 2.89. The Hall–Kier alpha value is -3.36. The van der Waals surface area contributed by atoms with Gasteiger partial charge in [-0.15, -0.1) is 0 Å². The molecular formula is C22H20F4N2O3. The zero-order valence-electron chi connectivity index (χ0n) is 17.0. The molecule has 0 aliphatic heterocycles. The predicted octanol–water partition coefficient (Wildman–Crippen LogP) is 5.78. The lowest BCUT2D eigenvalue weighted by molar-refractivity contribution is -0.137. The average Bonchev–Trinajstić information content (AvgIpc) is 2.69. The van der Waals surface area contributed by atoms with Crippen LogP contribution in [0.4, 0.5) is 22.4 Å². The molecule has 0 atom stereocenters. The number of fused-ring (bicyclic) bond motifs is 1. The van der Waals surface area contributed by atoms with E-state index in [0.717, 1.165) is 12.1 Å². The molecule has 1 aromatic heterocycles. The van der Waals surface area contributed by atoms with Gasteiger partial charge < -0.3 is 14.8 Å². The van der Waals surface area contributed by atoms with Crippen LogP contribution in [-0.4, -0.2) is 17.2 Å². The highest BCUT2D eigenvalue weighted by Gasteiger charge is 2.31. The number of amides is 1. The minimum absolute atomic E-state index is 0.0116. The zero-order valence-corrected chi connectivity index (χ0v) is 17.0. The number of nitrogens with zero attached hydrogens (tertiary/aromatic N) is 1. The van der Waals surface area contributed by atoms with Crippen LogP contribution in [0.3, 0.4) is 0 Å². The van der Waals surface area contributed by atoms with Gasteiger partial charge in [0.25, 0.3) is 5.88 Å². The zero-order chi connectivity index (χ0) is 22.8. The summed E-state index contributed by atoms with van der Waals surface area (Å²) in [6, 6.07) is 8.72. The quantitative estimate of drug-likeness (QED) is 0.516. The predicted molar refractivity (Wildman–Crippen MR) is 107 cm³/mol. The lowest BCUT2D eigenvalue weighted by atomic mass is 10.1. The molecule has 2 aromatic carbocycles. The Bertz CT molecular complexity index is 1100. The number of halogens is 4. The SMILES string of the molecule is Cc1c(OC(=O)NCc2ccc(F)cc2)c(OC(C)C)nc2cc(C(F)(F)F)ccc12. The first-order chi connectivity index (χ1) is 14.5. The maximum Gasteiger partial charge on any atom is 0.416 e. The van der Waals surface area contributed by atoms with Crippen molar-refractivity contribution in [3.05, 3.63) is 65.0 Å². The fraction of sp³-hybridized carbons (Fsp3) is 0.273. The molecule has 1 amide bonds. The second-order valence-electron chi connectivity index (χ2n) is 7.14. The number of ether oxygens (including phenoxy) is 2. The van der Waals surface area contributed by atoms with Crippen LogP contribution >= 0.6 is 0 Å². The summed E-state index contributed by atoms with van der Waals surface area (Å²) in [5, 5.41) is 2.93. The van der Waals surface area contributed by atoms with Crippen LogP contribution in [0.5, 0.6) is 11.6 Å². The van der Waals surface area contributed by atoms with Gasteiger partial charge in [0.1, 0.15) is 5.82 Å². The number of alkyl halides is 3. The Morgan fingerprint density at radius 1 is 1.13 bits per heavy atom. The summed E-state index contributed by atoms with van der Waals surface area (Å²) in [5.41, 5.74) is 0.298. The van der Waals surface area contributed by atoms with Gasteiger partial charge in [-0.05, 0) is 50.6 Å². The van der Waals surface area contributed by atoms with E-state index in [1.54, 1.807) is 20.8 Å². The molecule has 1 heterocycles. The third-order valence-corrected chi connectivity index (χ3v) is 4.38. The largest absolute Gasteiger partial charge is 0.472 e. The number of rotatable bonds is 5. The Balaban J connectivity index is 1.90. The van der Waals surface area contributed by atoms with Crippen molar-refractivity contribution in [2.24, 2.45) is 0 Å². The van der Waals surface area contributed by atoms with Gasteiger partial charge in [-0.1, -0.05) is 18.2 Å². The number of hydrogen-bond acceptors (Lipinski definition) is 4. The van der Waals surface area contributed by atoms with E-state index in [2.05, 4.69) is 10.3 Å². The van der Waals surface area contributed by atoms with E-state index in [0.29, 0.717) is 16.5 Å². The molecule has 9 heteroatoms. The van der Waals surface area contributed by atoms with Gasteiger partial charge in [0.2, 0.25) is 0 Å². The van der Waals surface area contributed by atoms with Gasteiger partial charge in [0.15, 0.2) is 5.75 Å². The van der Waals surface area contributed by atoms with Crippen molar-refractivity contribution in [2.45, 2.75) is 39.6 Å². The van der Waals surface area contributed by atoms with Crippen LogP contribution in [0, 0.1) is 12.7 Å². The molecule has 0 aliphatic carbocycles. The van der Waals surface area contributed by atoms with E-state index >= 15 is 0 Å². The maximum atomic E-state index is 13.1. The number of carbonyl (C=O) groups excluding carboxylic acids is 1. The lowest BCUT2D eigenvalue weighted by Gasteiger charge is -2.17.